The van der Waals surface area contributed by atoms with Gasteiger partial charge in [0.2, 0.25) is 5.88 Å². The number of rotatable bonds is 4. The van der Waals surface area contributed by atoms with Crippen LogP contribution in [0.5, 0.6) is 11.6 Å². The van der Waals surface area contributed by atoms with Crippen molar-refractivity contribution in [3.63, 3.8) is 0 Å². The summed E-state index contributed by atoms with van der Waals surface area (Å²) in [5.41, 5.74) is 11.0. The summed E-state index contributed by atoms with van der Waals surface area (Å²) < 4.78 is 19.0. The lowest BCUT2D eigenvalue weighted by molar-refractivity contribution is 0.0997. The van der Waals surface area contributed by atoms with Crippen LogP contribution in [0.3, 0.4) is 0 Å². The van der Waals surface area contributed by atoms with Crippen molar-refractivity contribution in [2.75, 3.05) is 0 Å². The monoisotopic (exact) mass is 261 g/mol. The number of primary amides is 1. The highest BCUT2D eigenvalue weighted by Crippen LogP contribution is 2.27. The zero-order valence-corrected chi connectivity index (χ0v) is 9.97. The summed E-state index contributed by atoms with van der Waals surface area (Å²) >= 11 is 0. The number of benzene rings is 1. The Morgan fingerprint density at radius 2 is 2.11 bits per heavy atom. The molecule has 0 aliphatic carbocycles. The summed E-state index contributed by atoms with van der Waals surface area (Å²) in [6.07, 6.45) is 1.45. The Kier molecular flexibility index (Phi) is 3.72. The van der Waals surface area contributed by atoms with E-state index in [9.17, 15) is 9.18 Å². The van der Waals surface area contributed by atoms with E-state index < -0.39 is 11.7 Å². The van der Waals surface area contributed by atoms with Crippen molar-refractivity contribution in [2.45, 2.75) is 6.54 Å². The minimum absolute atomic E-state index is 0.0234. The predicted octanol–water partition coefficient (Wildman–Crippen LogP) is 1.57. The van der Waals surface area contributed by atoms with Crippen molar-refractivity contribution in [3.05, 3.63) is 53.5 Å². The maximum atomic E-state index is 13.5. The number of hydrogen-bond acceptors (Lipinski definition) is 4. The Balaban J connectivity index is 2.42. The Hall–Kier alpha value is -2.47. The summed E-state index contributed by atoms with van der Waals surface area (Å²) in [6, 6.07) is 7.35. The van der Waals surface area contributed by atoms with Crippen LogP contribution >= 0.6 is 0 Å². The van der Waals surface area contributed by atoms with Gasteiger partial charge in [-0.15, -0.1) is 0 Å². The molecule has 1 aromatic carbocycles. The second-order valence-corrected chi connectivity index (χ2v) is 3.74. The van der Waals surface area contributed by atoms with Crippen LogP contribution in [0.1, 0.15) is 15.9 Å². The van der Waals surface area contributed by atoms with Gasteiger partial charge in [-0.3, -0.25) is 4.79 Å². The van der Waals surface area contributed by atoms with Crippen molar-refractivity contribution in [3.8, 4) is 11.6 Å². The highest BCUT2D eigenvalue weighted by Gasteiger charge is 2.14. The van der Waals surface area contributed by atoms with E-state index in [0.717, 1.165) is 0 Å². The number of carbonyl (C=O) groups excluding carboxylic acids is 1. The summed E-state index contributed by atoms with van der Waals surface area (Å²) in [4.78, 5) is 15.2. The van der Waals surface area contributed by atoms with Crippen LogP contribution in [0.4, 0.5) is 4.39 Å². The van der Waals surface area contributed by atoms with E-state index in [-0.39, 0.29) is 29.3 Å². The Morgan fingerprint density at radius 1 is 1.32 bits per heavy atom. The average molecular weight is 261 g/mol. The first-order valence-corrected chi connectivity index (χ1v) is 5.53. The summed E-state index contributed by atoms with van der Waals surface area (Å²) in [6.45, 7) is -0.0270. The van der Waals surface area contributed by atoms with E-state index in [1.165, 1.54) is 24.4 Å². The largest absolute Gasteiger partial charge is 0.438 e. The molecule has 0 saturated carbocycles. The molecule has 0 spiro atoms. The standard InChI is InChI=1S/C13H12FN3O2/c14-10-4-1-5-11(9(10)7-15)19-13-8(12(16)18)3-2-6-17-13/h1-6H,7,15H2,(H2,16,18). The molecular weight excluding hydrogens is 249 g/mol. The van der Waals surface area contributed by atoms with Gasteiger partial charge in [-0.25, -0.2) is 9.37 Å². The van der Waals surface area contributed by atoms with Gasteiger partial charge in [0.05, 0.1) is 0 Å². The molecule has 98 valence electrons. The number of aromatic nitrogens is 1. The van der Waals surface area contributed by atoms with Crippen molar-refractivity contribution < 1.29 is 13.9 Å². The van der Waals surface area contributed by atoms with E-state index in [4.69, 9.17) is 16.2 Å². The molecule has 6 heteroatoms. The first-order valence-electron chi connectivity index (χ1n) is 5.53. The second kappa shape index (κ2) is 5.45. The van der Waals surface area contributed by atoms with Crippen LogP contribution in [0.2, 0.25) is 0 Å². The topological polar surface area (TPSA) is 91.2 Å². The normalized spacial score (nSPS) is 10.2. The molecule has 0 unspecified atom stereocenters. The van der Waals surface area contributed by atoms with E-state index >= 15 is 0 Å². The predicted molar refractivity (Wildman–Crippen MR) is 67.1 cm³/mol. The highest BCUT2D eigenvalue weighted by atomic mass is 19.1. The smallest absolute Gasteiger partial charge is 0.254 e. The number of nitrogens with zero attached hydrogens (tertiary/aromatic N) is 1. The van der Waals surface area contributed by atoms with Gasteiger partial charge in [0.1, 0.15) is 17.1 Å². The third-order valence-electron chi connectivity index (χ3n) is 2.52. The average Bonchev–Trinajstić information content (AvgIpc) is 2.39. The van der Waals surface area contributed by atoms with Crippen LogP contribution in [0.15, 0.2) is 36.5 Å². The van der Waals surface area contributed by atoms with Gasteiger partial charge in [-0.2, -0.15) is 0 Å². The van der Waals surface area contributed by atoms with Crippen molar-refractivity contribution in [1.29, 1.82) is 0 Å². The molecule has 0 fully saturated rings. The first kappa shape index (κ1) is 13.0. The number of ether oxygens (including phenoxy) is 1. The molecular formula is C13H12FN3O2. The fraction of sp³-hybridized carbons (Fsp3) is 0.0769. The number of pyridine rings is 1. The zero-order valence-electron chi connectivity index (χ0n) is 9.97. The van der Waals surface area contributed by atoms with E-state index in [1.807, 2.05) is 0 Å². The van der Waals surface area contributed by atoms with Crippen LogP contribution in [-0.2, 0) is 6.54 Å². The van der Waals surface area contributed by atoms with Gasteiger partial charge in [0.25, 0.3) is 5.91 Å². The molecule has 1 aromatic heterocycles. The molecule has 0 bridgehead atoms. The van der Waals surface area contributed by atoms with Gasteiger partial charge < -0.3 is 16.2 Å². The quantitative estimate of drug-likeness (QED) is 0.873. The lowest BCUT2D eigenvalue weighted by atomic mass is 10.2. The molecule has 0 aliphatic heterocycles. The van der Waals surface area contributed by atoms with Crippen molar-refractivity contribution >= 4 is 5.91 Å². The minimum atomic E-state index is -0.672. The van der Waals surface area contributed by atoms with Gasteiger partial charge in [0, 0.05) is 18.3 Å². The van der Waals surface area contributed by atoms with Gasteiger partial charge in [0.15, 0.2) is 0 Å². The highest BCUT2D eigenvalue weighted by molar-refractivity contribution is 5.95. The third-order valence-corrected chi connectivity index (χ3v) is 2.52. The Bertz CT molecular complexity index is 617. The maximum absolute atomic E-state index is 13.5. The lowest BCUT2D eigenvalue weighted by Crippen LogP contribution is -2.13. The van der Waals surface area contributed by atoms with E-state index in [1.54, 1.807) is 12.1 Å². The van der Waals surface area contributed by atoms with E-state index in [0.29, 0.717) is 0 Å². The number of carbonyl (C=O) groups is 1. The van der Waals surface area contributed by atoms with Crippen LogP contribution in [0, 0.1) is 5.82 Å². The van der Waals surface area contributed by atoms with Gasteiger partial charge in [-0.05, 0) is 24.3 Å². The number of amides is 1. The fourth-order valence-corrected chi connectivity index (χ4v) is 1.60. The molecule has 5 nitrogen and oxygen atoms in total. The molecule has 1 amide bonds. The number of halogens is 1. The molecule has 0 atom stereocenters. The Morgan fingerprint density at radius 3 is 2.79 bits per heavy atom. The van der Waals surface area contributed by atoms with Crippen molar-refractivity contribution in [1.82, 2.24) is 4.98 Å². The molecule has 19 heavy (non-hydrogen) atoms. The van der Waals surface area contributed by atoms with Crippen LogP contribution in [0.25, 0.3) is 0 Å². The second-order valence-electron chi connectivity index (χ2n) is 3.74. The van der Waals surface area contributed by atoms with Crippen LogP contribution < -0.4 is 16.2 Å². The molecule has 1 heterocycles. The first-order chi connectivity index (χ1) is 9.13. The van der Waals surface area contributed by atoms with Crippen molar-refractivity contribution in [2.24, 2.45) is 11.5 Å². The number of nitrogens with two attached hydrogens (primary N) is 2. The summed E-state index contributed by atoms with van der Waals surface area (Å²) in [7, 11) is 0. The molecule has 2 rings (SSSR count). The van der Waals surface area contributed by atoms with E-state index in [2.05, 4.69) is 4.98 Å². The Labute approximate surface area is 109 Å². The molecule has 0 saturated heterocycles. The summed E-state index contributed by atoms with van der Waals surface area (Å²) in [5.74, 6) is -0.913. The third kappa shape index (κ3) is 2.69. The SMILES string of the molecule is NCc1c(F)cccc1Oc1ncccc1C(N)=O. The summed E-state index contributed by atoms with van der Waals surface area (Å²) in [5, 5.41) is 0. The van der Waals surface area contributed by atoms with Crippen LogP contribution in [-0.4, -0.2) is 10.9 Å². The van der Waals surface area contributed by atoms with Gasteiger partial charge in [-0.1, -0.05) is 6.07 Å². The number of hydrogen-bond donors (Lipinski definition) is 2. The van der Waals surface area contributed by atoms with Gasteiger partial charge >= 0.3 is 0 Å². The lowest BCUT2D eigenvalue weighted by Gasteiger charge is -2.11. The maximum Gasteiger partial charge on any atom is 0.254 e. The fourth-order valence-electron chi connectivity index (χ4n) is 1.60. The molecule has 0 radical (unpaired) electrons. The molecule has 0 aliphatic rings. The zero-order chi connectivity index (χ0) is 13.8. The molecule has 2 aromatic rings. The minimum Gasteiger partial charge on any atom is -0.438 e. The molecule has 4 N–H and O–H groups in total.